The molecule has 1 atom stereocenters. The van der Waals surface area contributed by atoms with Gasteiger partial charge >= 0.3 is 0 Å². The number of carbonyl (C=O) groups is 2. The number of hydrogen-bond acceptors (Lipinski definition) is 2. The lowest BCUT2D eigenvalue weighted by molar-refractivity contribution is -0.131. The molecule has 1 rings (SSSR count). The average Bonchev–Trinajstić information content (AvgIpc) is 2.52. The minimum atomic E-state index is -1.05. The molecule has 0 radical (unpaired) electrons. The number of carbonyl (C=O) groups excluding carboxylic acids is 2. The summed E-state index contributed by atoms with van der Waals surface area (Å²) in [6.07, 6.45) is 1.95. The fourth-order valence-electron chi connectivity index (χ4n) is 1.41. The first-order valence-corrected chi connectivity index (χ1v) is 4.82. The summed E-state index contributed by atoms with van der Waals surface area (Å²) in [5.74, 6) is -0.347. The van der Waals surface area contributed by atoms with Crippen molar-refractivity contribution < 1.29 is 9.59 Å². The van der Waals surface area contributed by atoms with Crippen LogP contribution < -0.4 is 5.32 Å². The maximum atomic E-state index is 11.3. The van der Waals surface area contributed by atoms with Crippen LogP contribution in [0, 0.1) is 0 Å². The van der Waals surface area contributed by atoms with Gasteiger partial charge in [0.1, 0.15) is 6.17 Å². The van der Waals surface area contributed by atoms with Crippen LogP contribution in [0.25, 0.3) is 0 Å². The van der Waals surface area contributed by atoms with Crippen molar-refractivity contribution in [3.63, 3.8) is 0 Å². The Kier molecular flexibility index (Phi) is 3.81. The molecule has 1 unspecified atom stereocenters. The lowest BCUT2D eigenvalue weighted by Crippen LogP contribution is -2.46. The van der Waals surface area contributed by atoms with Crippen LogP contribution >= 0.6 is 23.2 Å². The first-order valence-electron chi connectivity index (χ1n) is 3.95. The Hall–Kier alpha value is -0.480. The van der Waals surface area contributed by atoms with E-state index in [-0.39, 0.29) is 12.1 Å². The molecule has 2 amide bonds. The molecule has 1 aliphatic rings. The fourth-order valence-corrected chi connectivity index (χ4v) is 1.66. The van der Waals surface area contributed by atoms with Gasteiger partial charge < -0.3 is 10.2 Å². The number of likely N-dealkylation sites (tertiary alicyclic amines) is 1. The van der Waals surface area contributed by atoms with Crippen molar-refractivity contribution in [2.75, 3.05) is 6.54 Å². The van der Waals surface area contributed by atoms with Crippen molar-refractivity contribution in [3.8, 4) is 0 Å². The molecule has 1 saturated heterocycles. The predicted molar refractivity (Wildman–Crippen MR) is 49.4 cm³/mol. The highest BCUT2D eigenvalue weighted by Crippen LogP contribution is 2.18. The van der Waals surface area contributed by atoms with E-state index < -0.39 is 4.84 Å². The Balaban J connectivity index is 2.57. The van der Waals surface area contributed by atoms with Gasteiger partial charge in [-0.25, -0.2) is 0 Å². The molecule has 6 heteroatoms. The van der Waals surface area contributed by atoms with Crippen LogP contribution in [0.2, 0.25) is 0 Å². The van der Waals surface area contributed by atoms with Gasteiger partial charge in [0, 0.05) is 6.54 Å². The Morgan fingerprint density at radius 3 is 2.85 bits per heavy atom. The second kappa shape index (κ2) is 4.67. The molecule has 1 aliphatic heterocycles. The molecule has 0 aromatic heterocycles. The van der Waals surface area contributed by atoms with E-state index in [4.69, 9.17) is 23.2 Å². The molecule has 1 fully saturated rings. The Morgan fingerprint density at radius 1 is 1.62 bits per heavy atom. The van der Waals surface area contributed by atoms with Gasteiger partial charge in [-0.1, -0.05) is 23.2 Å². The van der Waals surface area contributed by atoms with E-state index >= 15 is 0 Å². The zero-order valence-corrected chi connectivity index (χ0v) is 8.38. The SMILES string of the molecule is O=CNC1CCCN1C(=O)C(Cl)Cl. The molecule has 0 saturated carbocycles. The van der Waals surface area contributed by atoms with Gasteiger partial charge in [-0.2, -0.15) is 0 Å². The molecule has 1 N–H and O–H groups in total. The minimum absolute atomic E-state index is 0.245. The lowest BCUT2D eigenvalue weighted by atomic mass is 10.3. The summed E-state index contributed by atoms with van der Waals surface area (Å²) in [6.45, 7) is 0.597. The van der Waals surface area contributed by atoms with E-state index in [0.717, 1.165) is 12.8 Å². The summed E-state index contributed by atoms with van der Waals surface area (Å²) in [6, 6.07) is 0. The summed E-state index contributed by atoms with van der Waals surface area (Å²) in [4.78, 5) is 22.0. The minimum Gasteiger partial charge on any atom is -0.338 e. The van der Waals surface area contributed by atoms with Gasteiger partial charge in [-0.3, -0.25) is 9.59 Å². The molecule has 1 heterocycles. The van der Waals surface area contributed by atoms with Crippen LogP contribution in [0.5, 0.6) is 0 Å². The second-order valence-corrected chi connectivity index (χ2v) is 3.87. The lowest BCUT2D eigenvalue weighted by Gasteiger charge is -2.24. The van der Waals surface area contributed by atoms with Crippen molar-refractivity contribution >= 4 is 35.5 Å². The van der Waals surface area contributed by atoms with Crippen LogP contribution in [0.4, 0.5) is 0 Å². The van der Waals surface area contributed by atoms with E-state index in [1.165, 1.54) is 4.90 Å². The van der Waals surface area contributed by atoms with Crippen molar-refractivity contribution in [2.24, 2.45) is 0 Å². The third-order valence-electron chi connectivity index (χ3n) is 1.98. The number of hydrogen-bond donors (Lipinski definition) is 1. The van der Waals surface area contributed by atoms with Crippen LogP contribution in [0.15, 0.2) is 0 Å². The van der Waals surface area contributed by atoms with Gasteiger partial charge in [-0.15, -0.1) is 0 Å². The van der Waals surface area contributed by atoms with Crippen LogP contribution in [0.1, 0.15) is 12.8 Å². The highest BCUT2D eigenvalue weighted by molar-refractivity contribution is 6.53. The van der Waals surface area contributed by atoms with Gasteiger partial charge in [0.15, 0.2) is 4.84 Å². The summed E-state index contributed by atoms with van der Waals surface area (Å²) in [5, 5.41) is 2.54. The van der Waals surface area contributed by atoms with Crippen molar-refractivity contribution in [1.82, 2.24) is 10.2 Å². The predicted octanol–water partition coefficient (Wildman–Crippen LogP) is 0.485. The standard InChI is InChI=1S/C7H10Cl2N2O2/c8-6(9)7(13)11-3-1-2-5(11)10-4-12/h4-6H,1-3H2,(H,10,12). The first kappa shape index (κ1) is 10.6. The van der Waals surface area contributed by atoms with Gasteiger partial charge in [0.05, 0.1) is 0 Å². The molecule has 13 heavy (non-hydrogen) atoms. The first-order chi connectivity index (χ1) is 6.16. The average molecular weight is 225 g/mol. The highest BCUT2D eigenvalue weighted by Gasteiger charge is 2.30. The topological polar surface area (TPSA) is 49.4 Å². The number of nitrogens with zero attached hydrogens (tertiary/aromatic N) is 1. The fraction of sp³-hybridized carbons (Fsp3) is 0.714. The molecule has 0 aromatic rings. The van der Waals surface area contributed by atoms with Crippen LogP contribution in [-0.4, -0.2) is 34.8 Å². The zero-order valence-electron chi connectivity index (χ0n) is 6.87. The molecular weight excluding hydrogens is 215 g/mol. The molecule has 0 bridgehead atoms. The number of rotatable bonds is 3. The third-order valence-corrected chi connectivity index (χ3v) is 2.36. The molecule has 4 nitrogen and oxygen atoms in total. The second-order valence-electron chi connectivity index (χ2n) is 2.77. The summed E-state index contributed by atoms with van der Waals surface area (Å²) in [7, 11) is 0. The molecule has 0 aliphatic carbocycles. The Morgan fingerprint density at radius 2 is 2.31 bits per heavy atom. The molecule has 0 aromatic carbocycles. The van der Waals surface area contributed by atoms with Crippen LogP contribution in [0.3, 0.4) is 0 Å². The maximum Gasteiger partial charge on any atom is 0.257 e. The van der Waals surface area contributed by atoms with E-state index in [9.17, 15) is 9.59 Å². The maximum absolute atomic E-state index is 11.3. The summed E-state index contributed by atoms with van der Waals surface area (Å²) < 4.78 is 0. The normalized spacial score (nSPS) is 22.1. The Bertz CT molecular complexity index is 211. The third kappa shape index (κ3) is 2.48. The molecule has 0 spiro atoms. The van der Waals surface area contributed by atoms with Gasteiger partial charge in [0.2, 0.25) is 6.41 Å². The monoisotopic (exact) mass is 224 g/mol. The number of nitrogens with one attached hydrogen (secondary N) is 1. The van der Waals surface area contributed by atoms with Gasteiger partial charge in [-0.05, 0) is 12.8 Å². The highest BCUT2D eigenvalue weighted by atomic mass is 35.5. The quantitative estimate of drug-likeness (QED) is 0.561. The van der Waals surface area contributed by atoms with Gasteiger partial charge in [0.25, 0.3) is 5.91 Å². The number of halogens is 2. The Labute approximate surface area is 86.2 Å². The molecular formula is C7H10Cl2N2O2. The van der Waals surface area contributed by atoms with Crippen molar-refractivity contribution in [2.45, 2.75) is 23.8 Å². The van der Waals surface area contributed by atoms with E-state index in [2.05, 4.69) is 5.32 Å². The summed E-state index contributed by atoms with van der Waals surface area (Å²) >= 11 is 10.9. The van der Waals surface area contributed by atoms with Crippen molar-refractivity contribution in [1.29, 1.82) is 0 Å². The summed E-state index contributed by atoms with van der Waals surface area (Å²) in [5.41, 5.74) is 0. The van der Waals surface area contributed by atoms with E-state index in [0.29, 0.717) is 13.0 Å². The van der Waals surface area contributed by atoms with Crippen molar-refractivity contribution in [3.05, 3.63) is 0 Å². The largest absolute Gasteiger partial charge is 0.338 e. The van der Waals surface area contributed by atoms with Crippen LogP contribution in [-0.2, 0) is 9.59 Å². The van der Waals surface area contributed by atoms with E-state index in [1.54, 1.807) is 0 Å². The smallest absolute Gasteiger partial charge is 0.257 e. The van der Waals surface area contributed by atoms with E-state index in [1.807, 2.05) is 0 Å². The molecule has 74 valence electrons. The number of amides is 2. The number of alkyl halides is 2. The zero-order chi connectivity index (χ0) is 9.84.